The molecule has 0 aromatic rings. The van der Waals surface area contributed by atoms with Crippen molar-refractivity contribution >= 4 is 29.6 Å². The molecule has 29 heavy (non-hydrogen) atoms. The zero-order valence-electron chi connectivity index (χ0n) is 16.8. The van der Waals surface area contributed by atoms with E-state index >= 15 is 0 Å². The average Bonchev–Trinajstić information content (AvgIpc) is 3.21. The van der Waals surface area contributed by atoms with Gasteiger partial charge in [0.1, 0.15) is 18.6 Å². The van der Waals surface area contributed by atoms with E-state index < -0.39 is 48.4 Å². The second-order valence-corrected chi connectivity index (χ2v) is 7.20. The molecular weight excluding hydrogens is 382 g/mol. The fourth-order valence-electron chi connectivity index (χ4n) is 2.96. The third-order valence-corrected chi connectivity index (χ3v) is 4.90. The predicted octanol–water partition coefficient (Wildman–Crippen LogP) is -1.78. The van der Waals surface area contributed by atoms with Crippen LogP contribution in [0.3, 0.4) is 0 Å². The molecule has 1 aliphatic heterocycles. The monoisotopic (exact) mass is 413 g/mol. The van der Waals surface area contributed by atoms with Crippen LogP contribution in [0, 0.1) is 5.92 Å². The third kappa shape index (κ3) is 8.46. The van der Waals surface area contributed by atoms with E-state index in [1.807, 2.05) is 6.92 Å². The van der Waals surface area contributed by atoms with Gasteiger partial charge in [0.15, 0.2) is 0 Å². The molecule has 0 spiro atoms. The van der Waals surface area contributed by atoms with Crippen LogP contribution < -0.4 is 27.0 Å². The van der Waals surface area contributed by atoms with Crippen molar-refractivity contribution in [1.29, 1.82) is 0 Å². The van der Waals surface area contributed by atoms with Gasteiger partial charge in [-0.1, -0.05) is 20.3 Å². The molecule has 0 aromatic carbocycles. The van der Waals surface area contributed by atoms with Gasteiger partial charge in [0.2, 0.25) is 23.6 Å². The topological polar surface area (TPSA) is 180 Å². The van der Waals surface area contributed by atoms with Crippen molar-refractivity contribution in [3.05, 3.63) is 0 Å². The quantitative estimate of drug-likeness (QED) is 0.219. The van der Waals surface area contributed by atoms with E-state index in [2.05, 4.69) is 21.3 Å². The van der Waals surface area contributed by atoms with Gasteiger partial charge < -0.3 is 32.1 Å². The van der Waals surface area contributed by atoms with Crippen LogP contribution in [0.2, 0.25) is 0 Å². The van der Waals surface area contributed by atoms with Crippen LogP contribution in [0.15, 0.2) is 0 Å². The molecule has 0 aromatic heterocycles. The lowest BCUT2D eigenvalue weighted by atomic mass is 9.97. The molecule has 0 saturated carbocycles. The van der Waals surface area contributed by atoms with Gasteiger partial charge in [-0.25, -0.2) is 0 Å². The second-order valence-electron chi connectivity index (χ2n) is 7.20. The highest BCUT2D eigenvalue weighted by Crippen LogP contribution is 2.10. The van der Waals surface area contributed by atoms with Crippen LogP contribution in [0.25, 0.3) is 0 Å². The maximum Gasteiger partial charge on any atom is 0.322 e. The molecule has 7 N–H and O–H groups in total. The minimum absolute atomic E-state index is 0.0103. The number of carbonyl (C=O) groups excluding carboxylic acids is 4. The maximum absolute atomic E-state index is 12.8. The molecule has 0 radical (unpaired) electrons. The molecule has 1 rings (SSSR count). The van der Waals surface area contributed by atoms with E-state index in [-0.39, 0.29) is 24.7 Å². The Morgan fingerprint density at radius 2 is 1.86 bits per heavy atom. The molecule has 11 nitrogen and oxygen atoms in total. The van der Waals surface area contributed by atoms with Crippen LogP contribution in [0.4, 0.5) is 0 Å². The van der Waals surface area contributed by atoms with Crippen molar-refractivity contribution in [2.75, 3.05) is 13.1 Å². The molecular formula is C18H31N5O6. The first-order valence-corrected chi connectivity index (χ1v) is 9.77. The number of carboxylic acid groups (broad SMARTS) is 1. The molecule has 4 amide bonds. The third-order valence-electron chi connectivity index (χ3n) is 4.90. The normalized spacial score (nSPS) is 18.9. The number of carbonyl (C=O) groups is 5. The van der Waals surface area contributed by atoms with Crippen LogP contribution in [-0.2, 0) is 24.0 Å². The first-order valence-electron chi connectivity index (χ1n) is 9.77. The number of rotatable bonds is 12. The van der Waals surface area contributed by atoms with Gasteiger partial charge in [0, 0.05) is 6.42 Å². The summed E-state index contributed by atoms with van der Waals surface area (Å²) in [7, 11) is 0. The maximum atomic E-state index is 12.8. The van der Waals surface area contributed by atoms with Crippen molar-refractivity contribution in [3.8, 4) is 0 Å². The fraction of sp³-hybridized carbons (Fsp3) is 0.722. The molecule has 164 valence electrons. The predicted molar refractivity (Wildman–Crippen MR) is 103 cm³/mol. The number of hydrogen-bond donors (Lipinski definition) is 6. The number of primary amides is 1. The van der Waals surface area contributed by atoms with Crippen molar-refractivity contribution in [2.24, 2.45) is 11.7 Å². The lowest BCUT2D eigenvalue weighted by Crippen LogP contribution is -2.57. The number of hydrogen-bond acceptors (Lipinski definition) is 6. The molecule has 11 heteroatoms. The minimum Gasteiger partial charge on any atom is -0.480 e. The Hall–Kier alpha value is -2.69. The molecule has 0 aliphatic carbocycles. The number of nitrogens with one attached hydrogen (secondary N) is 4. The van der Waals surface area contributed by atoms with Gasteiger partial charge in [0.25, 0.3) is 0 Å². The minimum atomic E-state index is -1.21. The van der Waals surface area contributed by atoms with Gasteiger partial charge in [-0.05, 0) is 31.7 Å². The average molecular weight is 413 g/mol. The summed E-state index contributed by atoms with van der Waals surface area (Å²) in [6.07, 6.45) is 1.91. The summed E-state index contributed by atoms with van der Waals surface area (Å²) in [5, 5.41) is 19.2. The summed E-state index contributed by atoms with van der Waals surface area (Å²) >= 11 is 0. The molecule has 1 heterocycles. The van der Waals surface area contributed by atoms with Crippen molar-refractivity contribution < 1.29 is 29.1 Å². The molecule has 1 fully saturated rings. The zero-order chi connectivity index (χ0) is 22.0. The Kier molecular flexibility index (Phi) is 10.1. The second kappa shape index (κ2) is 12.0. The Bertz CT molecular complexity index is 620. The van der Waals surface area contributed by atoms with E-state index in [1.54, 1.807) is 6.92 Å². The highest BCUT2D eigenvalue weighted by Gasteiger charge is 2.32. The first kappa shape index (κ1) is 24.3. The number of nitrogens with two attached hydrogens (primary N) is 1. The van der Waals surface area contributed by atoms with E-state index in [0.717, 1.165) is 6.42 Å². The van der Waals surface area contributed by atoms with Crippen LogP contribution >= 0.6 is 0 Å². The summed E-state index contributed by atoms with van der Waals surface area (Å²) in [5.41, 5.74) is 5.17. The van der Waals surface area contributed by atoms with Crippen LogP contribution in [-0.4, -0.2) is 65.9 Å². The fourth-order valence-corrected chi connectivity index (χ4v) is 2.96. The van der Waals surface area contributed by atoms with Gasteiger partial charge in [0.05, 0.1) is 6.04 Å². The van der Waals surface area contributed by atoms with E-state index in [1.165, 1.54) is 0 Å². The van der Waals surface area contributed by atoms with Gasteiger partial charge in [-0.2, -0.15) is 0 Å². The highest BCUT2D eigenvalue weighted by molar-refractivity contribution is 5.94. The number of amides is 4. The van der Waals surface area contributed by atoms with Crippen LogP contribution in [0.1, 0.15) is 46.0 Å². The van der Waals surface area contributed by atoms with E-state index in [4.69, 9.17) is 10.8 Å². The van der Waals surface area contributed by atoms with Crippen molar-refractivity contribution in [2.45, 2.75) is 64.1 Å². The largest absolute Gasteiger partial charge is 0.480 e. The Labute approximate surface area is 169 Å². The van der Waals surface area contributed by atoms with Crippen molar-refractivity contribution in [1.82, 2.24) is 21.3 Å². The number of carboxylic acids is 1. The molecule has 4 unspecified atom stereocenters. The van der Waals surface area contributed by atoms with E-state index in [9.17, 15) is 24.0 Å². The molecule has 1 aliphatic rings. The van der Waals surface area contributed by atoms with E-state index in [0.29, 0.717) is 19.4 Å². The van der Waals surface area contributed by atoms with Crippen LogP contribution in [0.5, 0.6) is 0 Å². The van der Waals surface area contributed by atoms with Crippen molar-refractivity contribution in [3.63, 3.8) is 0 Å². The Morgan fingerprint density at radius 1 is 1.17 bits per heavy atom. The molecule has 1 saturated heterocycles. The standard InChI is InChI=1S/C18H31N5O6/c1-3-10(2)15(18(29)21-9-14(25)26)23-17(28)12(6-7-13(19)24)22-16(27)11-5-4-8-20-11/h10-12,15,20H,3-9H2,1-2H3,(H2,19,24)(H,21,29)(H,22,27)(H,23,28)(H,25,26). The zero-order valence-corrected chi connectivity index (χ0v) is 16.8. The molecule has 4 atom stereocenters. The summed E-state index contributed by atoms with van der Waals surface area (Å²) in [4.78, 5) is 59.3. The highest BCUT2D eigenvalue weighted by atomic mass is 16.4. The van der Waals surface area contributed by atoms with Gasteiger partial charge in [-0.3, -0.25) is 24.0 Å². The summed E-state index contributed by atoms with van der Waals surface area (Å²) in [5.74, 6) is -3.72. The smallest absolute Gasteiger partial charge is 0.322 e. The lowest BCUT2D eigenvalue weighted by molar-refractivity contribution is -0.139. The SMILES string of the molecule is CCC(C)C(NC(=O)C(CCC(N)=O)NC(=O)C1CCCN1)C(=O)NCC(=O)O. The van der Waals surface area contributed by atoms with Gasteiger partial charge in [-0.15, -0.1) is 0 Å². The first-order chi connectivity index (χ1) is 13.6. The summed E-state index contributed by atoms with van der Waals surface area (Å²) in [6.45, 7) is 3.70. The Morgan fingerprint density at radius 3 is 2.38 bits per heavy atom. The summed E-state index contributed by atoms with van der Waals surface area (Å²) in [6, 6.07) is -2.44. The Balaban J connectivity index is 2.85. The van der Waals surface area contributed by atoms with Gasteiger partial charge >= 0.3 is 5.97 Å². The number of aliphatic carboxylic acids is 1. The lowest BCUT2D eigenvalue weighted by Gasteiger charge is -2.26. The molecule has 0 bridgehead atoms. The summed E-state index contributed by atoms with van der Waals surface area (Å²) < 4.78 is 0.